The number of nitrogens with one attached hydrogen (secondary N) is 2. The first-order chi connectivity index (χ1) is 12.5. The van der Waals surface area contributed by atoms with Crippen molar-refractivity contribution in [3.8, 4) is 0 Å². The summed E-state index contributed by atoms with van der Waals surface area (Å²) in [6, 6.07) is 15.1. The van der Waals surface area contributed by atoms with Crippen LogP contribution in [0.4, 0.5) is 0 Å². The van der Waals surface area contributed by atoms with Crippen LogP contribution in [0.2, 0.25) is 0 Å². The molecule has 0 bridgehead atoms. The normalized spacial score (nSPS) is 11.3. The maximum Gasteiger partial charge on any atom is 0.251 e. The molecule has 2 N–H and O–H groups in total. The molecule has 6 nitrogen and oxygen atoms in total. The minimum Gasteiger partial charge on any atom is -0.383 e. The highest BCUT2D eigenvalue weighted by molar-refractivity contribution is 7.90. The van der Waals surface area contributed by atoms with Crippen molar-refractivity contribution in [3.05, 3.63) is 65.7 Å². The minimum absolute atomic E-state index is 0.0949. The third-order valence-corrected chi connectivity index (χ3v) is 5.41. The van der Waals surface area contributed by atoms with E-state index >= 15 is 0 Å². The quantitative estimate of drug-likeness (QED) is 0.616. The van der Waals surface area contributed by atoms with Crippen LogP contribution in [0.25, 0.3) is 0 Å². The number of hydrogen-bond donors (Lipinski definition) is 2. The van der Waals surface area contributed by atoms with Gasteiger partial charge in [-0.2, -0.15) is 0 Å². The summed E-state index contributed by atoms with van der Waals surface area (Å²) in [6.45, 7) is 2.37. The Morgan fingerprint density at radius 1 is 1.00 bits per heavy atom. The third-order valence-electron chi connectivity index (χ3n) is 3.73. The van der Waals surface area contributed by atoms with Crippen LogP contribution in [0, 0.1) is 0 Å². The molecule has 0 radical (unpaired) electrons. The molecule has 0 aliphatic heterocycles. The van der Waals surface area contributed by atoms with Gasteiger partial charge in [0.25, 0.3) is 5.91 Å². The van der Waals surface area contributed by atoms with Crippen molar-refractivity contribution in [3.63, 3.8) is 0 Å². The Labute approximate surface area is 154 Å². The van der Waals surface area contributed by atoms with Crippen molar-refractivity contribution in [1.82, 2.24) is 10.6 Å². The summed E-state index contributed by atoms with van der Waals surface area (Å²) < 4.78 is 30.1. The lowest BCUT2D eigenvalue weighted by Crippen LogP contribution is -2.33. The smallest absolute Gasteiger partial charge is 0.251 e. The molecule has 0 unspecified atom stereocenters. The van der Waals surface area contributed by atoms with E-state index in [-0.39, 0.29) is 16.6 Å². The number of benzene rings is 2. The molecule has 140 valence electrons. The molecule has 2 rings (SSSR count). The van der Waals surface area contributed by atoms with E-state index in [9.17, 15) is 13.2 Å². The zero-order chi connectivity index (χ0) is 18.8. The Morgan fingerprint density at radius 3 is 2.50 bits per heavy atom. The van der Waals surface area contributed by atoms with Crippen LogP contribution in [0.1, 0.15) is 15.9 Å². The molecule has 1 amide bonds. The van der Waals surface area contributed by atoms with Crippen LogP contribution in [-0.2, 0) is 20.3 Å². The zero-order valence-electron chi connectivity index (χ0n) is 14.8. The maximum atomic E-state index is 12.6. The van der Waals surface area contributed by atoms with Crippen LogP contribution in [0.5, 0.6) is 0 Å². The first-order valence-electron chi connectivity index (χ1n) is 8.37. The van der Waals surface area contributed by atoms with Gasteiger partial charge in [-0.1, -0.05) is 36.4 Å². The van der Waals surface area contributed by atoms with Gasteiger partial charge in [0, 0.05) is 32.3 Å². The Balaban J connectivity index is 1.97. The molecule has 0 heterocycles. The monoisotopic (exact) mass is 376 g/mol. The van der Waals surface area contributed by atoms with E-state index in [1.807, 2.05) is 6.07 Å². The fourth-order valence-electron chi connectivity index (χ4n) is 2.37. The Hall–Kier alpha value is -2.22. The molecule has 0 fully saturated rings. The van der Waals surface area contributed by atoms with Gasteiger partial charge in [-0.15, -0.1) is 0 Å². The fraction of sp³-hybridized carbons (Fsp3) is 0.316. The Bertz CT molecular complexity index is 807. The number of carbonyl (C=O) groups excluding carboxylic acids is 1. The number of ether oxygens (including phenoxy) is 1. The average molecular weight is 376 g/mol. The predicted octanol–water partition coefficient (Wildman–Crippen LogP) is 1.63. The fourth-order valence-corrected chi connectivity index (χ4v) is 3.76. The van der Waals surface area contributed by atoms with Gasteiger partial charge in [0.1, 0.15) is 0 Å². The van der Waals surface area contributed by atoms with Gasteiger partial charge < -0.3 is 15.4 Å². The van der Waals surface area contributed by atoms with Crippen LogP contribution in [0.3, 0.4) is 0 Å². The number of hydrogen-bond acceptors (Lipinski definition) is 5. The lowest BCUT2D eigenvalue weighted by Gasteiger charge is -2.09. The highest BCUT2D eigenvalue weighted by Crippen LogP contribution is 2.17. The van der Waals surface area contributed by atoms with Crippen molar-refractivity contribution in [2.75, 3.05) is 33.4 Å². The Morgan fingerprint density at radius 2 is 1.77 bits per heavy atom. The molecule has 2 aromatic rings. The molecule has 0 saturated carbocycles. The summed E-state index contributed by atoms with van der Waals surface area (Å²) in [5, 5.41) is 5.89. The van der Waals surface area contributed by atoms with Crippen molar-refractivity contribution in [2.24, 2.45) is 0 Å². The van der Waals surface area contributed by atoms with Gasteiger partial charge in [-0.25, -0.2) is 8.42 Å². The number of methoxy groups -OCH3 is 1. The first-order valence-corrected chi connectivity index (χ1v) is 10.0. The average Bonchev–Trinajstić information content (AvgIpc) is 2.65. The van der Waals surface area contributed by atoms with E-state index in [0.717, 1.165) is 0 Å². The number of rotatable bonds is 10. The molecule has 0 aliphatic carbocycles. The van der Waals surface area contributed by atoms with E-state index in [1.165, 1.54) is 12.1 Å². The van der Waals surface area contributed by atoms with Gasteiger partial charge in [0.15, 0.2) is 9.84 Å². The summed E-state index contributed by atoms with van der Waals surface area (Å²) in [6.07, 6.45) is 0. The maximum absolute atomic E-state index is 12.6. The van der Waals surface area contributed by atoms with Gasteiger partial charge in [-0.3, -0.25) is 4.79 Å². The van der Waals surface area contributed by atoms with Crippen LogP contribution in [0.15, 0.2) is 59.5 Å². The molecule has 0 saturated heterocycles. The molecular formula is C19H24N2O4S. The second-order valence-corrected chi connectivity index (χ2v) is 7.76. The van der Waals surface area contributed by atoms with E-state index in [0.29, 0.717) is 37.4 Å². The highest BCUT2D eigenvalue weighted by atomic mass is 32.2. The van der Waals surface area contributed by atoms with Crippen LogP contribution < -0.4 is 10.6 Å². The Kier molecular flexibility index (Phi) is 7.77. The standard InChI is InChI=1S/C19H24N2O4S/c1-25-13-12-20-10-11-21-19(22)17-8-5-9-18(14-17)26(23,24)15-16-6-3-2-4-7-16/h2-9,14,20H,10-13,15H2,1H3,(H,21,22). The van der Waals surface area contributed by atoms with E-state index in [2.05, 4.69) is 10.6 Å². The summed E-state index contributed by atoms with van der Waals surface area (Å²) in [4.78, 5) is 12.4. The van der Waals surface area contributed by atoms with Crippen molar-refractivity contribution >= 4 is 15.7 Å². The van der Waals surface area contributed by atoms with Gasteiger partial charge >= 0.3 is 0 Å². The third kappa shape index (κ3) is 6.25. The largest absolute Gasteiger partial charge is 0.383 e. The van der Waals surface area contributed by atoms with Gasteiger partial charge in [0.05, 0.1) is 17.3 Å². The first kappa shape index (κ1) is 20.1. The van der Waals surface area contributed by atoms with E-state index in [1.54, 1.807) is 43.5 Å². The summed E-state index contributed by atoms with van der Waals surface area (Å²) in [5.74, 6) is -0.391. The number of carbonyl (C=O) groups is 1. The molecule has 0 spiro atoms. The number of sulfone groups is 1. The van der Waals surface area contributed by atoms with Gasteiger partial charge in [0.2, 0.25) is 0 Å². The van der Waals surface area contributed by atoms with Crippen molar-refractivity contribution in [1.29, 1.82) is 0 Å². The van der Waals surface area contributed by atoms with Crippen LogP contribution in [-0.4, -0.2) is 47.7 Å². The summed E-state index contributed by atoms with van der Waals surface area (Å²) in [7, 11) is -1.88. The number of amides is 1. The molecule has 0 aliphatic rings. The van der Waals surface area contributed by atoms with Crippen molar-refractivity contribution < 1.29 is 17.9 Å². The molecule has 0 aromatic heterocycles. The lowest BCUT2D eigenvalue weighted by atomic mass is 10.2. The lowest BCUT2D eigenvalue weighted by molar-refractivity contribution is 0.0953. The van der Waals surface area contributed by atoms with Gasteiger partial charge in [-0.05, 0) is 23.8 Å². The summed E-state index contributed by atoms with van der Waals surface area (Å²) >= 11 is 0. The molecule has 0 atom stereocenters. The molecular weight excluding hydrogens is 352 g/mol. The van der Waals surface area contributed by atoms with E-state index < -0.39 is 9.84 Å². The van der Waals surface area contributed by atoms with Crippen LogP contribution >= 0.6 is 0 Å². The SMILES string of the molecule is COCCNCCNC(=O)c1cccc(S(=O)(=O)Cc2ccccc2)c1. The second kappa shape index (κ2) is 10.1. The molecule has 2 aromatic carbocycles. The highest BCUT2D eigenvalue weighted by Gasteiger charge is 2.17. The predicted molar refractivity (Wildman–Crippen MR) is 101 cm³/mol. The second-order valence-electron chi connectivity index (χ2n) is 5.77. The molecule has 26 heavy (non-hydrogen) atoms. The van der Waals surface area contributed by atoms with E-state index in [4.69, 9.17) is 4.74 Å². The molecule has 7 heteroatoms. The topological polar surface area (TPSA) is 84.5 Å². The van der Waals surface area contributed by atoms with Crippen molar-refractivity contribution in [2.45, 2.75) is 10.6 Å². The minimum atomic E-state index is -3.51. The zero-order valence-corrected chi connectivity index (χ0v) is 15.6. The summed E-state index contributed by atoms with van der Waals surface area (Å²) in [5.41, 5.74) is 1.04.